The van der Waals surface area contributed by atoms with Gasteiger partial charge in [0.1, 0.15) is 5.69 Å². The van der Waals surface area contributed by atoms with Crippen molar-refractivity contribution in [3.63, 3.8) is 0 Å². The first kappa shape index (κ1) is 26.3. The molecule has 0 aliphatic heterocycles. The van der Waals surface area contributed by atoms with Gasteiger partial charge in [-0.1, -0.05) is 96.5 Å². The molecule has 0 bridgehead atoms. The van der Waals surface area contributed by atoms with Gasteiger partial charge in [0, 0.05) is 32.8 Å². The second kappa shape index (κ2) is 10.0. The smallest absolute Gasteiger partial charge is 0.165 e. The van der Waals surface area contributed by atoms with Gasteiger partial charge >= 0.3 is 0 Å². The summed E-state index contributed by atoms with van der Waals surface area (Å²) in [6.45, 7) is 0. The topological polar surface area (TPSA) is 35.6 Å². The zero-order valence-electron chi connectivity index (χ0n) is 25.1. The summed E-state index contributed by atoms with van der Waals surface area (Å²) in [5.41, 5.74) is 8.98. The minimum atomic E-state index is 0.715. The van der Waals surface area contributed by atoms with E-state index >= 15 is 0 Å². The molecule has 47 heavy (non-hydrogen) atoms. The molecule has 0 unspecified atom stereocenters. The Hall–Kier alpha value is -5.97. The Balaban J connectivity index is 1.32. The van der Waals surface area contributed by atoms with E-state index in [4.69, 9.17) is 21.6 Å². The lowest BCUT2D eigenvalue weighted by molar-refractivity contribution is 1.08. The highest BCUT2D eigenvalue weighted by Crippen LogP contribution is 2.41. The molecule has 0 N–H and O–H groups in total. The summed E-state index contributed by atoms with van der Waals surface area (Å²) in [7, 11) is 0. The third kappa shape index (κ3) is 3.89. The highest BCUT2D eigenvalue weighted by molar-refractivity contribution is 6.38. The Morgan fingerprint density at radius 2 is 1.13 bits per heavy atom. The largest absolute Gasteiger partial charge is 0.309 e. The standard InChI is InChI=1S/C42H25ClN4/c43-33-16-10-20-38-40(33)32-23-26-11-4-5-12-27(26)25-39(32)47(38)42-41(44-34-17-7-8-18-35(34)45-42)28-21-22-37-31(24-28)30-15-6-9-19-36(30)46(37)29-13-2-1-3-14-29/h1-25H. The lowest BCUT2D eigenvalue weighted by Gasteiger charge is -2.14. The molecule has 3 aromatic heterocycles. The van der Waals surface area contributed by atoms with Crippen molar-refractivity contribution in [1.82, 2.24) is 19.1 Å². The molecule has 0 saturated carbocycles. The molecule has 10 aromatic rings. The van der Waals surface area contributed by atoms with Crippen molar-refractivity contribution in [3.8, 4) is 22.8 Å². The summed E-state index contributed by atoms with van der Waals surface area (Å²) >= 11 is 6.96. The SMILES string of the molecule is Clc1cccc2c1c1cc3ccccc3cc1n2-c1nc2ccccc2nc1-c1ccc2c(c1)c1ccccc1n2-c1ccccc1. The van der Waals surface area contributed by atoms with Gasteiger partial charge in [-0.25, -0.2) is 9.97 Å². The van der Waals surface area contributed by atoms with Gasteiger partial charge in [-0.05, 0) is 77.5 Å². The zero-order chi connectivity index (χ0) is 31.1. The molecule has 5 heteroatoms. The Bertz CT molecular complexity index is 2860. The number of rotatable bonds is 3. The van der Waals surface area contributed by atoms with Crippen LogP contribution in [0.2, 0.25) is 5.02 Å². The molecule has 0 saturated heterocycles. The second-order valence-corrected chi connectivity index (χ2v) is 12.4. The van der Waals surface area contributed by atoms with E-state index in [1.165, 1.54) is 21.7 Å². The Labute approximate surface area is 274 Å². The minimum Gasteiger partial charge on any atom is -0.309 e. The van der Waals surface area contributed by atoms with Gasteiger partial charge in [-0.2, -0.15) is 0 Å². The Morgan fingerprint density at radius 1 is 0.447 bits per heavy atom. The fraction of sp³-hybridized carbons (Fsp3) is 0. The summed E-state index contributed by atoms with van der Waals surface area (Å²) in [6.07, 6.45) is 0. The van der Waals surface area contributed by atoms with Crippen molar-refractivity contribution in [3.05, 3.63) is 157 Å². The first-order valence-corrected chi connectivity index (χ1v) is 16.1. The number of fused-ring (bicyclic) bond motifs is 8. The van der Waals surface area contributed by atoms with E-state index in [0.29, 0.717) is 5.02 Å². The van der Waals surface area contributed by atoms with Gasteiger partial charge in [0.2, 0.25) is 0 Å². The average molecular weight is 621 g/mol. The van der Waals surface area contributed by atoms with Crippen LogP contribution in [0.1, 0.15) is 0 Å². The molecule has 0 aliphatic carbocycles. The van der Waals surface area contributed by atoms with Crippen molar-refractivity contribution in [1.29, 1.82) is 0 Å². The molecular formula is C42H25ClN4. The second-order valence-electron chi connectivity index (χ2n) is 12.0. The summed E-state index contributed by atoms with van der Waals surface area (Å²) in [5, 5.41) is 7.50. The number of halogens is 1. The molecule has 0 radical (unpaired) electrons. The Morgan fingerprint density at radius 3 is 1.98 bits per heavy atom. The maximum Gasteiger partial charge on any atom is 0.165 e. The molecule has 7 aromatic carbocycles. The molecule has 4 nitrogen and oxygen atoms in total. The third-order valence-corrected chi connectivity index (χ3v) is 9.65. The Kier molecular flexibility index (Phi) is 5.60. The first-order chi connectivity index (χ1) is 23.2. The van der Waals surface area contributed by atoms with Gasteiger partial charge < -0.3 is 4.57 Å². The predicted octanol–water partition coefficient (Wildman–Crippen LogP) is 11.3. The van der Waals surface area contributed by atoms with E-state index in [-0.39, 0.29) is 0 Å². The lowest BCUT2D eigenvalue weighted by atomic mass is 10.1. The summed E-state index contributed by atoms with van der Waals surface area (Å²) < 4.78 is 4.58. The van der Waals surface area contributed by atoms with Crippen LogP contribution in [-0.4, -0.2) is 19.1 Å². The maximum absolute atomic E-state index is 6.96. The van der Waals surface area contributed by atoms with Crippen LogP contribution in [-0.2, 0) is 0 Å². The van der Waals surface area contributed by atoms with Crippen molar-refractivity contribution >= 4 is 77.0 Å². The highest BCUT2D eigenvalue weighted by Gasteiger charge is 2.22. The van der Waals surface area contributed by atoms with Crippen LogP contribution in [0.15, 0.2) is 152 Å². The molecule has 10 rings (SSSR count). The van der Waals surface area contributed by atoms with Crippen molar-refractivity contribution in [2.75, 3.05) is 0 Å². The third-order valence-electron chi connectivity index (χ3n) is 9.33. The van der Waals surface area contributed by atoms with E-state index in [1.807, 2.05) is 36.4 Å². The van der Waals surface area contributed by atoms with Crippen LogP contribution in [0.5, 0.6) is 0 Å². The van der Waals surface area contributed by atoms with E-state index in [2.05, 4.69) is 124 Å². The monoisotopic (exact) mass is 620 g/mol. The summed E-state index contributed by atoms with van der Waals surface area (Å²) in [6, 6.07) is 53.0. The van der Waals surface area contributed by atoms with Gasteiger partial charge in [0.05, 0.1) is 38.1 Å². The van der Waals surface area contributed by atoms with Crippen LogP contribution in [0, 0.1) is 0 Å². The predicted molar refractivity (Wildman–Crippen MR) is 196 cm³/mol. The maximum atomic E-state index is 6.96. The van der Waals surface area contributed by atoms with Gasteiger partial charge in [-0.15, -0.1) is 0 Å². The van der Waals surface area contributed by atoms with Crippen LogP contribution in [0.25, 0.3) is 88.2 Å². The molecule has 0 spiro atoms. The first-order valence-electron chi connectivity index (χ1n) is 15.7. The van der Waals surface area contributed by atoms with E-state index in [1.54, 1.807) is 0 Å². The molecule has 0 amide bonds. The molecular weight excluding hydrogens is 596 g/mol. The molecule has 0 fully saturated rings. The molecule has 220 valence electrons. The van der Waals surface area contributed by atoms with E-state index < -0.39 is 0 Å². The van der Waals surface area contributed by atoms with Crippen LogP contribution in [0.4, 0.5) is 0 Å². The fourth-order valence-electron chi connectivity index (χ4n) is 7.25. The quantitative estimate of drug-likeness (QED) is 0.197. The molecule has 0 atom stereocenters. The normalized spacial score (nSPS) is 11.9. The van der Waals surface area contributed by atoms with Crippen LogP contribution < -0.4 is 0 Å². The van der Waals surface area contributed by atoms with Gasteiger partial charge in [-0.3, -0.25) is 4.57 Å². The highest BCUT2D eigenvalue weighted by atomic mass is 35.5. The van der Waals surface area contributed by atoms with Crippen LogP contribution in [0.3, 0.4) is 0 Å². The zero-order valence-corrected chi connectivity index (χ0v) is 25.9. The van der Waals surface area contributed by atoms with Gasteiger partial charge in [0.25, 0.3) is 0 Å². The van der Waals surface area contributed by atoms with Crippen molar-refractivity contribution in [2.45, 2.75) is 0 Å². The number of hydrogen-bond donors (Lipinski definition) is 0. The van der Waals surface area contributed by atoms with Crippen molar-refractivity contribution in [2.24, 2.45) is 0 Å². The van der Waals surface area contributed by atoms with E-state index in [0.717, 1.165) is 66.5 Å². The molecule has 3 heterocycles. The average Bonchev–Trinajstić information content (AvgIpc) is 3.63. The number of nitrogens with zero attached hydrogens (tertiary/aromatic N) is 4. The number of benzene rings is 7. The minimum absolute atomic E-state index is 0.715. The lowest BCUT2D eigenvalue weighted by Crippen LogP contribution is -2.03. The van der Waals surface area contributed by atoms with E-state index in [9.17, 15) is 0 Å². The number of aromatic nitrogens is 4. The number of para-hydroxylation sites is 4. The van der Waals surface area contributed by atoms with Gasteiger partial charge in [0.15, 0.2) is 5.82 Å². The summed E-state index contributed by atoms with van der Waals surface area (Å²) in [5.74, 6) is 0.771. The fourth-order valence-corrected chi connectivity index (χ4v) is 7.52. The summed E-state index contributed by atoms with van der Waals surface area (Å²) in [4.78, 5) is 10.7. The van der Waals surface area contributed by atoms with Crippen LogP contribution >= 0.6 is 11.6 Å². The number of hydrogen-bond acceptors (Lipinski definition) is 2. The van der Waals surface area contributed by atoms with Crippen molar-refractivity contribution < 1.29 is 0 Å². The molecule has 0 aliphatic rings.